The molecule has 136 valence electrons. The summed E-state index contributed by atoms with van der Waals surface area (Å²) < 4.78 is 6.23. The van der Waals surface area contributed by atoms with E-state index in [0.717, 1.165) is 26.4 Å². The topological polar surface area (TPSA) is 68.3 Å². The predicted molar refractivity (Wildman–Crippen MR) is 107 cm³/mol. The van der Waals surface area contributed by atoms with Crippen LogP contribution in [0.15, 0.2) is 24.3 Å². The molecule has 0 bridgehead atoms. The van der Waals surface area contributed by atoms with Gasteiger partial charge in [-0.1, -0.05) is 26.0 Å². The summed E-state index contributed by atoms with van der Waals surface area (Å²) in [7, 11) is 0. The van der Waals surface area contributed by atoms with Crippen molar-refractivity contribution < 1.29 is 14.3 Å². The number of thiophene rings is 1. The summed E-state index contributed by atoms with van der Waals surface area (Å²) in [5.41, 5.74) is 2.48. The van der Waals surface area contributed by atoms with Crippen molar-refractivity contribution in [1.82, 2.24) is 4.98 Å². The zero-order chi connectivity index (χ0) is 18.8. The van der Waals surface area contributed by atoms with E-state index in [9.17, 15) is 9.59 Å². The first kappa shape index (κ1) is 18.5. The molecule has 0 fully saturated rings. The lowest BCUT2D eigenvalue weighted by Gasteiger charge is -2.07. The number of carbonyl (C=O) groups excluding carboxylic acids is 2. The van der Waals surface area contributed by atoms with Crippen LogP contribution >= 0.6 is 22.7 Å². The van der Waals surface area contributed by atoms with Crippen LogP contribution in [0.1, 0.15) is 36.0 Å². The number of esters is 1. The normalized spacial score (nSPS) is 11.1. The Bertz CT molecular complexity index is 939. The zero-order valence-electron chi connectivity index (χ0n) is 15.1. The largest absolute Gasteiger partial charge is 0.462 e. The molecule has 0 unspecified atom stereocenters. The summed E-state index contributed by atoms with van der Waals surface area (Å²) in [6, 6.07) is 7.88. The molecule has 0 atom stereocenters. The number of hydrogen-bond donors (Lipinski definition) is 1. The SMILES string of the molecule is CCOC(=O)c1sc(NC(=O)C(C)C)c(-c2nc3ccccc3s2)c1C. The van der Waals surface area contributed by atoms with Crippen molar-refractivity contribution >= 4 is 49.8 Å². The summed E-state index contributed by atoms with van der Waals surface area (Å²) in [6.07, 6.45) is 0. The van der Waals surface area contributed by atoms with E-state index in [1.807, 2.05) is 45.0 Å². The third-order valence-corrected chi connectivity index (χ3v) is 6.12. The Kier molecular flexibility index (Phi) is 5.38. The number of hydrogen-bond acceptors (Lipinski definition) is 6. The summed E-state index contributed by atoms with van der Waals surface area (Å²) in [4.78, 5) is 29.8. The first-order chi connectivity index (χ1) is 12.4. The van der Waals surface area contributed by atoms with E-state index in [1.165, 1.54) is 11.3 Å². The van der Waals surface area contributed by atoms with Crippen molar-refractivity contribution in [2.45, 2.75) is 27.7 Å². The number of ether oxygens (including phenoxy) is 1. The van der Waals surface area contributed by atoms with Crippen LogP contribution < -0.4 is 5.32 Å². The molecular weight excluding hydrogens is 368 g/mol. The van der Waals surface area contributed by atoms with Gasteiger partial charge in [-0.15, -0.1) is 22.7 Å². The summed E-state index contributed by atoms with van der Waals surface area (Å²) in [5.74, 6) is -0.627. The molecule has 0 saturated carbocycles. The molecule has 2 heterocycles. The number of nitrogens with one attached hydrogen (secondary N) is 1. The van der Waals surface area contributed by atoms with Gasteiger partial charge in [0.15, 0.2) is 0 Å². The van der Waals surface area contributed by atoms with Gasteiger partial charge in [0.1, 0.15) is 14.9 Å². The average Bonchev–Trinajstić information content (AvgIpc) is 3.15. The number of amides is 1. The third kappa shape index (κ3) is 3.50. The van der Waals surface area contributed by atoms with Crippen LogP contribution in [0, 0.1) is 12.8 Å². The molecule has 0 aliphatic heterocycles. The van der Waals surface area contributed by atoms with Crippen molar-refractivity contribution in [3.05, 3.63) is 34.7 Å². The summed E-state index contributed by atoms with van der Waals surface area (Å²) in [6.45, 7) is 7.62. The highest BCUT2D eigenvalue weighted by atomic mass is 32.1. The second-order valence-corrected chi connectivity index (χ2v) is 8.16. The quantitative estimate of drug-likeness (QED) is 0.617. The summed E-state index contributed by atoms with van der Waals surface area (Å²) in [5, 5.41) is 4.38. The number of anilines is 1. The van der Waals surface area contributed by atoms with Gasteiger partial charge < -0.3 is 10.1 Å². The fraction of sp³-hybridized carbons (Fsp3) is 0.316. The van der Waals surface area contributed by atoms with Gasteiger partial charge in [-0.05, 0) is 31.5 Å². The van der Waals surface area contributed by atoms with Crippen molar-refractivity contribution in [3.8, 4) is 10.6 Å². The number of fused-ring (bicyclic) bond motifs is 1. The maximum Gasteiger partial charge on any atom is 0.348 e. The lowest BCUT2D eigenvalue weighted by Crippen LogP contribution is -2.17. The number of rotatable bonds is 5. The molecule has 1 amide bonds. The minimum Gasteiger partial charge on any atom is -0.462 e. The van der Waals surface area contributed by atoms with Gasteiger partial charge in [0.25, 0.3) is 0 Å². The van der Waals surface area contributed by atoms with Crippen molar-refractivity contribution in [1.29, 1.82) is 0 Å². The molecule has 0 saturated heterocycles. The molecule has 26 heavy (non-hydrogen) atoms. The Morgan fingerprint density at radius 2 is 1.96 bits per heavy atom. The number of nitrogens with zero attached hydrogens (tertiary/aromatic N) is 1. The minimum absolute atomic E-state index is 0.0935. The maximum atomic E-state index is 12.3. The van der Waals surface area contributed by atoms with Gasteiger partial charge in [0.2, 0.25) is 5.91 Å². The molecule has 1 aromatic carbocycles. The Labute approximate surface area is 160 Å². The van der Waals surface area contributed by atoms with Crippen LogP contribution in [-0.4, -0.2) is 23.5 Å². The minimum atomic E-state index is -0.373. The van der Waals surface area contributed by atoms with Gasteiger partial charge >= 0.3 is 5.97 Å². The monoisotopic (exact) mass is 388 g/mol. The zero-order valence-corrected chi connectivity index (χ0v) is 16.7. The van der Waals surface area contributed by atoms with Crippen LogP contribution in [0.5, 0.6) is 0 Å². The van der Waals surface area contributed by atoms with E-state index >= 15 is 0 Å². The van der Waals surface area contributed by atoms with E-state index in [4.69, 9.17) is 9.72 Å². The van der Waals surface area contributed by atoms with Gasteiger partial charge in [-0.3, -0.25) is 4.79 Å². The molecule has 5 nitrogen and oxygen atoms in total. The van der Waals surface area contributed by atoms with Crippen LogP contribution in [0.3, 0.4) is 0 Å². The third-order valence-electron chi connectivity index (χ3n) is 3.88. The van der Waals surface area contributed by atoms with Crippen LogP contribution in [0.25, 0.3) is 20.8 Å². The van der Waals surface area contributed by atoms with E-state index in [-0.39, 0.29) is 17.8 Å². The first-order valence-electron chi connectivity index (χ1n) is 8.39. The molecule has 3 aromatic rings. The van der Waals surface area contributed by atoms with Crippen molar-refractivity contribution in [2.75, 3.05) is 11.9 Å². The molecule has 2 aromatic heterocycles. The molecular formula is C19H20N2O3S2. The Hall–Kier alpha value is -2.25. The van der Waals surface area contributed by atoms with Crippen molar-refractivity contribution in [3.63, 3.8) is 0 Å². The lowest BCUT2D eigenvalue weighted by molar-refractivity contribution is -0.118. The second-order valence-electron chi connectivity index (χ2n) is 6.11. The lowest BCUT2D eigenvalue weighted by atomic mass is 10.1. The van der Waals surface area contributed by atoms with Gasteiger partial charge in [-0.25, -0.2) is 9.78 Å². The molecule has 0 spiro atoms. The molecule has 1 N–H and O–H groups in total. The number of aromatic nitrogens is 1. The molecule has 3 rings (SSSR count). The molecule has 7 heteroatoms. The highest BCUT2D eigenvalue weighted by molar-refractivity contribution is 7.23. The van der Waals surface area contributed by atoms with E-state index in [2.05, 4.69) is 5.32 Å². The highest BCUT2D eigenvalue weighted by Gasteiger charge is 2.25. The first-order valence-corrected chi connectivity index (χ1v) is 10.0. The standard InChI is InChI=1S/C19H20N2O3S2/c1-5-24-19(23)15-11(4)14(18(26-15)21-16(22)10(2)3)17-20-12-8-6-7-9-13(12)25-17/h6-10H,5H2,1-4H3,(H,21,22). The van der Waals surface area contributed by atoms with E-state index < -0.39 is 0 Å². The van der Waals surface area contributed by atoms with Gasteiger partial charge in [-0.2, -0.15) is 0 Å². The Morgan fingerprint density at radius 3 is 2.62 bits per heavy atom. The van der Waals surface area contributed by atoms with E-state index in [1.54, 1.807) is 18.3 Å². The fourth-order valence-corrected chi connectivity index (χ4v) is 4.73. The number of thiazole rings is 1. The molecule has 0 aliphatic carbocycles. The van der Waals surface area contributed by atoms with Crippen LogP contribution in [-0.2, 0) is 9.53 Å². The predicted octanol–water partition coefficient (Wildman–Crippen LogP) is 5.10. The fourth-order valence-electron chi connectivity index (χ4n) is 2.49. The van der Waals surface area contributed by atoms with Crippen LogP contribution in [0.2, 0.25) is 0 Å². The highest BCUT2D eigenvalue weighted by Crippen LogP contribution is 2.43. The van der Waals surface area contributed by atoms with E-state index in [0.29, 0.717) is 16.5 Å². The summed E-state index contributed by atoms with van der Waals surface area (Å²) >= 11 is 2.79. The Morgan fingerprint density at radius 1 is 1.23 bits per heavy atom. The number of carbonyl (C=O) groups is 2. The Balaban J connectivity index is 2.14. The number of para-hydroxylation sites is 1. The molecule has 0 radical (unpaired) electrons. The maximum absolute atomic E-state index is 12.3. The van der Waals surface area contributed by atoms with Crippen molar-refractivity contribution in [2.24, 2.45) is 5.92 Å². The smallest absolute Gasteiger partial charge is 0.348 e. The number of benzene rings is 1. The molecule has 0 aliphatic rings. The average molecular weight is 389 g/mol. The van der Waals surface area contributed by atoms with Gasteiger partial charge in [0.05, 0.1) is 16.8 Å². The van der Waals surface area contributed by atoms with Crippen LogP contribution in [0.4, 0.5) is 5.00 Å². The van der Waals surface area contributed by atoms with Gasteiger partial charge in [0, 0.05) is 11.5 Å². The second kappa shape index (κ2) is 7.55.